The van der Waals surface area contributed by atoms with Gasteiger partial charge < -0.3 is 9.13 Å². The van der Waals surface area contributed by atoms with Crippen molar-refractivity contribution in [2.45, 2.75) is 0 Å². The molecule has 0 aliphatic carbocycles. The third-order valence-corrected chi connectivity index (χ3v) is 10.1. The first-order chi connectivity index (χ1) is 20.8. The molecule has 4 heteroatoms. The fourth-order valence-corrected chi connectivity index (χ4v) is 7.91. The van der Waals surface area contributed by atoms with Crippen molar-refractivity contribution in [2.24, 2.45) is 0 Å². The fraction of sp³-hybridized carbons (Fsp3) is 0. The van der Waals surface area contributed by atoms with E-state index in [1.165, 1.54) is 64.5 Å². The van der Waals surface area contributed by atoms with Crippen LogP contribution in [0, 0.1) is 0 Å². The monoisotopic (exact) mass is 572 g/mol. The lowest BCUT2D eigenvalue weighted by molar-refractivity contribution is 1.13. The number of benzene rings is 5. The zero-order valence-electron chi connectivity index (χ0n) is 22.6. The van der Waals surface area contributed by atoms with Crippen molar-refractivity contribution in [2.75, 3.05) is 0 Å². The van der Waals surface area contributed by atoms with Gasteiger partial charge in [0.1, 0.15) is 0 Å². The summed E-state index contributed by atoms with van der Waals surface area (Å²) < 4.78 is 4.82. The molecule has 42 heavy (non-hydrogen) atoms. The van der Waals surface area contributed by atoms with Gasteiger partial charge in [-0.3, -0.25) is 0 Å². The smallest absolute Gasteiger partial charge is 0.0541 e. The second-order valence-electron chi connectivity index (χ2n) is 10.6. The summed E-state index contributed by atoms with van der Waals surface area (Å²) in [5.41, 5.74) is 9.72. The third kappa shape index (κ3) is 3.56. The van der Waals surface area contributed by atoms with E-state index in [0.29, 0.717) is 0 Å². The SMILES string of the molecule is c1cc(-n2c3ccccc3c3cc(-c4cccs4)ccc32)cc(-n2c3ccccc3c3cc(-c4cccs4)ccc32)c1. The summed E-state index contributed by atoms with van der Waals surface area (Å²) in [5, 5.41) is 9.39. The van der Waals surface area contributed by atoms with Crippen molar-refractivity contribution in [3.63, 3.8) is 0 Å². The van der Waals surface area contributed by atoms with Gasteiger partial charge in [-0.05, 0) is 88.6 Å². The predicted octanol–water partition coefficient (Wildman–Crippen LogP) is 11.3. The van der Waals surface area contributed by atoms with Crippen molar-refractivity contribution in [1.29, 1.82) is 0 Å². The highest BCUT2D eigenvalue weighted by atomic mass is 32.1. The second kappa shape index (κ2) is 9.31. The lowest BCUT2D eigenvalue weighted by Gasteiger charge is -2.13. The van der Waals surface area contributed by atoms with Crippen LogP contribution in [0.3, 0.4) is 0 Å². The van der Waals surface area contributed by atoms with Gasteiger partial charge in [0, 0.05) is 42.7 Å². The number of aromatic nitrogens is 2. The normalized spacial score (nSPS) is 11.8. The number of para-hydroxylation sites is 2. The first-order valence-corrected chi connectivity index (χ1v) is 15.8. The molecule has 9 aromatic rings. The molecule has 0 amide bonds. The van der Waals surface area contributed by atoms with Gasteiger partial charge >= 0.3 is 0 Å². The van der Waals surface area contributed by atoms with Gasteiger partial charge in [0.25, 0.3) is 0 Å². The number of hydrogen-bond acceptors (Lipinski definition) is 2. The minimum atomic E-state index is 1.16. The van der Waals surface area contributed by atoms with Gasteiger partial charge in [0.05, 0.1) is 22.1 Å². The molecule has 198 valence electrons. The van der Waals surface area contributed by atoms with Crippen LogP contribution in [0.2, 0.25) is 0 Å². The van der Waals surface area contributed by atoms with E-state index in [-0.39, 0.29) is 0 Å². The highest BCUT2D eigenvalue weighted by Crippen LogP contribution is 2.38. The molecule has 0 unspecified atom stereocenters. The van der Waals surface area contributed by atoms with E-state index in [0.717, 1.165) is 11.4 Å². The molecule has 0 aliphatic rings. The Bertz CT molecular complexity index is 2240. The molecule has 4 heterocycles. The summed E-state index contributed by atoms with van der Waals surface area (Å²) >= 11 is 3.57. The van der Waals surface area contributed by atoms with Crippen LogP contribution in [-0.4, -0.2) is 9.13 Å². The van der Waals surface area contributed by atoms with Crippen LogP contribution in [-0.2, 0) is 0 Å². The Hall–Kier alpha value is -4.90. The van der Waals surface area contributed by atoms with Gasteiger partial charge in [0.15, 0.2) is 0 Å². The molecule has 0 saturated heterocycles. The first-order valence-electron chi connectivity index (χ1n) is 14.1. The van der Waals surface area contributed by atoms with Crippen LogP contribution in [0.15, 0.2) is 144 Å². The Labute approximate surface area is 251 Å². The van der Waals surface area contributed by atoms with Crippen LogP contribution >= 0.6 is 22.7 Å². The molecule has 0 radical (unpaired) electrons. The molecule has 9 rings (SSSR count). The summed E-state index contributed by atoms with van der Waals surface area (Å²) in [6.45, 7) is 0. The average molecular weight is 573 g/mol. The summed E-state index contributed by atoms with van der Waals surface area (Å²) in [6, 6.07) is 48.9. The van der Waals surface area contributed by atoms with Crippen LogP contribution in [0.25, 0.3) is 75.9 Å². The van der Waals surface area contributed by atoms with Crippen LogP contribution < -0.4 is 0 Å². The van der Waals surface area contributed by atoms with Gasteiger partial charge in [-0.25, -0.2) is 0 Å². The number of fused-ring (bicyclic) bond motifs is 6. The average Bonchev–Trinajstić information content (AvgIpc) is 3.86. The Morgan fingerprint density at radius 2 is 0.833 bits per heavy atom. The summed E-state index contributed by atoms with van der Waals surface area (Å²) in [7, 11) is 0. The largest absolute Gasteiger partial charge is 0.309 e. The number of nitrogens with zero attached hydrogens (tertiary/aromatic N) is 2. The first kappa shape index (κ1) is 23.8. The molecule has 0 bridgehead atoms. The summed E-state index contributed by atoms with van der Waals surface area (Å²) in [5.74, 6) is 0. The lowest BCUT2D eigenvalue weighted by atomic mass is 10.1. The van der Waals surface area contributed by atoms with E-state index in [1.54, 1.807) is 22.7 Å². The molecule has 0 aliphatic heterocycles. The van der Waals surface area contributed by atoms with E-state index in [1.807, 2.05) is 0 Å². The zero-order chi connectivity index (χ0) is 27.6. The van der Waals surface area contributed by atoms with Gasteiger partial charge in [-0.1, -0.05) is 66.7 Å². The number of thiophene rings is 2. The molecule has 0 fully saturated rings. The van der Waals surface area contributed by atoms with Gasteiger partial charge in [-0.15, -0.1) is 22.7 Å². The summed E-state index contributed by atoms with van der Waals surface area (Å²) in [4.78, 5) is 2.59. The maximum atomic E-state index is 2.41. The van der Waals surface area contributed by atoms with Crippen molar-refractivity contribution in [3.05, 3.63) is 144 Å². The second-order valence-corrected chi connectivity index (χ2v) is 12.5. The minimum absolute atomic E-state index is 1.16. The van der Waals surface area contributed by atoms with Crippen molar-refractivity contribution < 1.29 is 0 Å². The lowest BCUT2D eigenvalue weighted by Crippen LogP contribution is -1.98. The number of hydrogen-bond donors (Lipinski definition) is 0. The van der Waals surface area contributed by atoms with Crippen molar-refractivity contribution >= 4 is 66.3 Å². The maximum Gasteiger partial charge on any atom is 0.0541 e. The van der Waals surface area contributed by atoms with E-state index in [4.69, 9.17) is 0 Å². The van der Waals surface area contributed by atoms with Crippen molar-refractivity contribution in [1.82, 2.24) is 9.13 Å². The molecule has 2 nitrogen and oxygen atoms in total. The molecule has 0 spiro atoms. The Morgan fingerprint density at radius 1 is 0.357 bits per heavy atom. The maximum absolute atomic E-state index is 2.41. The van der Waals surface area contributed by atoms with Crippen LogP contribution in [0.1, 0.15) is 0 Å². The van der Waals surface area contributed by atoms with E-state index >= 15 is 0 Å². The Kier molecular flexibility index (Phi) is 5.27. The van der Waals surface area contributed by atoms with Gasteiger partial charge in [0.2, 0.25) is 0 Å². The highest BCUT2D eigenvalue weighted by Gasteiger charge is 2.16. The zero-order valence-corrected chi connectivity index (χ0v) is 24.2. The van der Waals surface area contributed by atoms with E-state index < -0.39 is 0 Å². The quantitative estimate of drug-likeness (QED) is 0.198. The standard InChI is InChI=1S/C38H24N2S2/c1-3-12-33-29(10-1)31-22-25(37-14-6-20-41-37)16-18-35(31)39(33)27-8-5-9-28(24-27)40-34-13-4-2-11-30(34)32-23-26(17-19-36(32)40)38-15-7-21-42-38/h1-24H. The molecule has 0 atom stereocenters. The minimum Gasteiger partial charge on any atom is -0.309 e. The van der Waals surface area contributed by atoms with Crippen LogP contribution in [0.5, 0.6) is 0 Å². The molecule has 0 N–H and O–H groups in total. The Morgan fingerprint density at radius 3 is 1.31 bits per heavy atom. The van der Waals surface area contributed by atoms with Gasteiger partial charge in [-0.2, -0.15) is 0 Å². The summed E-state index contributed by atoms with van der Waals surface area (Å²) in [6.07, 6.45) is 0. The fourth-order valence-electron chi connectivity index (χ4n) is 6.47. The topological polar surface area (TPSA) is 9.86 Å². The molecular weight excluding hydrogens is 549 g/mol. The molecular formula is C38H24N2S2. The van der Waals surface area contributed by atoms with E-state index in [9.17, 15) is 0 Å². The van der Waals surface area contributed by atoms with E-state index in [2.05, 4.69) is 153 Å². The molecule has 4 aromatic heterocycles. The Balaban J connectivity index is 1.27. The van der Waals surface area contributed by atoms with Crippen molar-refractivity contribution in [3.8, 4) is 32.3 Å². The molecule has 5 aromatic carbocycles. The third-order valence-electron chi connectivity index (χ3n) is 8.30. The molecule has 0 saturated carbocycles. The van der Waals surface area contributed by atoms with Crippen LogP contribution in [0.4, 0.5) is 0 Å². The predicted molar refractivity (Wildman–Crippen MR) is 182 cm³/mol. The number of rotatable bonds is 4. The highest BCUT2D eigenvalue weighted by molar-refractivity contribution is 7.13.